The molecule has 0 unspecified atom stereocenters. The lowest BCUT2D eigenvalue weighted by Crippen LogP contribution is -1.99. The summed E-state index contributed by atoms with van der Waals surface area (Å²) in [6, 6.07) is 24.4. The minimum Gasteiger partial charge on any atom is -0.0651 e. The van der Waals surface area contributed by atoms with Gasteiger partial charge >= 0.3 is 0 Å². The van der Waals surface area contributed by atoms with Gasteiger partial charge in [0.25, 0.3) is 0 Å². The van der Waals surface area contributed by atoms with Crippen LogP contribution in [0.4, 0.5) is 0 Å². The van der Waals surface area contributed by atoms with Crippen molar-refractivity contribution >= 4 is 0 Å². The molecule has 3 rings (SSSR count). The van der Waals surface area contributed by atoms with Crippen molar-refractivity contribution < 1.29 is 0 Å². The molecule has 0 N–H and O–H groups in total. The smallest absolute Gasteiger partial charge is 0.0147 e. The minimum absolute atomic E-state index is 1.16. The molecule has 0 nitrogen and oxygen atoms in total. The first-order valence-electron chi connectivity index (χ1n) is 9.51. The summed E-state index contributed by atoms with van der Waals surface area (Å²) in [5.41, 5.74) is 9.76. The fraction of sp³-hybridized carbons (Fsp3) is 0.280. The van der Waals surface area contributed by atoms with Gasteiger partial charge in [-0.2, -0.15) is 0 Å². The molecule has 128 valence electrons. The molecule has 0 aromatic heterocycles. The van der Waals surface area contributed by atoms with Crippen LogP contribution in [0.15, 0.2) is 66.7 Å². The van der Waals surface area contributed by atoms with Crippen molar-refractivity contribution in [2.24, 2.45) is 0 Å². The van der Waals surface area contributed by atoms with Crippen LogP contribution in [0.5, 0.6) is 0 Å². The van der Waals surface area contributed by atoms with E-state index >= 15 is 0 Å². The zero-order valence-electron chi connectivity index (χ0n) is 15.7. The first kappa shape index (κ1) is 17.5. The molecule has 0 aliphatic heterocycles. The van der Waals surface area contributed by atoms with Crippen molar-refractivity contribution in [1.29, 1.82) is 0 Å². The molecule has 0 aliphatic rings. The van der Waals surface area contributed by atoms with Crippen LogP contribution in [0.2, 0.25) is 0 Å². The predicted molar refractivity (Wildman–Crippen MR) is 110 cm³/mol. The number of aryl methyl sites for hydroxylation is 2. The molecule has 0 saturated heterocycles. The lowest BCUT2D eigenvalue weighted by molar-refractivity contribution is 0.861. The highest BCUT2D eigenvalue weighted by molar-refractivity contribution is 5.73. The summed E-state index contributed by atoms with van der Waals surface area (Å²) >= 11 is 0. The Morgan fingerprint density at radius 2 is 1.24 bits per heavy atom. The maximum absolute atomic E-state index is 2.39. The average molecular weight is 328 g/mol. The molecule has 0 fully saturated rings. The monoisotopic (exact) mass is 328 g/mol. The van der Waals surface area contributed by atoms with Gasteiger partial charge in [-0.25, -0.2) is 0 Å². The van der Waals surface area contributed by atoms with Gasteiger partial charge in [-0.3, -0.25) is 0 Å². The van der Waals surface area contributed by atoms with Crippen LogP contribution >= 0.6 is 0 Å². The lowest BCUT2D eigenvalue weighted by atomic mass is 9.88. The van der Waals surface area contributed by atoms with E-state index in [4.69, 9.17) is 0 Å². The molecule has 0 atom stereocenters. The van der Waals surface area contributed by atoms with E-state index in [9.17, 15) is 0 Å². The van der Waals surface area contributed by atoms with Crippen molar-refractivity contribution in [2.45, 2.75) is 46.5 Å². The van der Waals surface area contributed by atoms with Crippen LogP contribution in [0.3, 0.4) is 0 Å². The number of rotatable bonds is 6. The standard InChI is InChI=1S/C25H28/c1-4-9-23-17-19(3)18-25(24(23)10-5-2)22-15-13-21(14-16-22)20-11-7-6-8-12-20/h6-8,11-18H,4-5,9-10H2,1-3H3. The zero-order chi connectivity index (χ0) is 17.6. The summed E-state index contributed by atoms with van der Waals surface area (Å²) in [7, 11) is 0. The molecule has 0 heterocycles. The van der Waals surface area contributed by atoms with Gasteiger partial charge in [0.15, 0.2) is 0 Å². The Morgan fingerprint density at radius 1 is 0.640 bits per heavy atom. The van der Waals surface area contributed by atoms with Crippen LogP contribution in [0, 0.1) is 6.92 Å². The van der Waals surface area contributed by atoms with E-state index in [-0.39, 0.29) is 0 Å². The fourth-order valence-corrected chi connectivity index (χ4v) is 3.66. The Morgan fingerprint density at radius 3 is 1.88 bits per heavy atom. The van der Waals surface area contributed by atoms with E-state index in [0.717, 1.165) is 6.42 Å². The van der Waals surface area contributed by atoms with E-state index in [1.54, 1.807) is 5.56 Å². The highest BCUT2D eigenvalue weighted by Crippen LogP contribution is 2.31. The highest BCUT2D eigenvalue weighted by atomic mass is 14.2. The molecular formula is C25H28. The fourth-order valence-electron chi connectivity index (χ4n) is 3.66. The third-order valence-electron chi connectivity index (χ3n) is 4.81. The summed E-state index contributed by atoms with van der Waals surface area (Å²) in [5, 5.41) is 0. The molecule has 0 saturated carbocycles. The molecule has 3 aromatic carbocycles. The van der Waals surface area contributed by atoms with E-state index in [0.29, 0.717) is 0 Å². The SMILES string of the molecule is CCCc1cc(C)cc(-c2ccc(-c3ccccc3)cc2)c1CCC. The average Bonchev–Trinajstić information content (AvgIpc) is 2.65. The number of hydrogen-bond acceptors (Lipinski definition) is 0. The van der Waals surface area contributed by atoms with E-state index < -0.39 is 0 Å². The second-order valence-corrected chi connectivity index (χ2v) is 6.89. The number of benzene rings is 3. The van der Waals surface area contributed by atoms with Gasteiger partial charge in [0.1, 0.15) is 0 Å². The normalized spacial score (nSPS) is 10.8. The third kappa shape index (κ3) is 4.02. The Kier molecular flexibility index (Phi) is 5.71. The Hall–Kier alpha value is -2.34. The number of hydrogen-bond donors (Lipinski definition) is 0. The second-order valence-electron chi connectivity index (χ2n) is 6.89. The molecule has 0 radical (unpaired) electrons. The maximum Gasteiger partial charge on any atom is -0.0147 e. The van der Waals surface area contributed by atoms with E-state index in [1.807, 2.05) is 0 Å². The van der Waals surface area contributed by atoms with Crippen molar-refractivity contribution in [3.63, 3.8) is 0 Å². The van der Waals surface area contributed by atoms with Gasteiger partial charge < -0.3 is 0 Å². The first-order chi connectivity index (χ1) is 12.2. The van der Waals surface area contributed by atoms with Crippen molar-refractivity contribution in [2.75, 3.05) is 0 Å². The zero-order valence-corrected chi connectivity index (χ0v) is 15.7. The molecule has 25 heavy (non-hydrogen) atoms. The van der Waals surface area contributed by atoms with Crippen molar-refractivity contribution in [3.05, 3.63) is 83.4 Å². The maximum atomic E-state index is 2.39. The first-order valence-corrected chi connectivity index (χ1v) is 9.51. The van der Waals surface area contributed by atoms with Crippen LogP contribution in [-0.4, -0.2) is 0 Å². The van der Waals surface area contributed by atoms with Gasteiger partial charge in [0, 0.05) is 0 Å². The predicted octanol–water partition coefficient (Wildman–Crippen LogP) is 7.23. The Bertz CT molecular complexity index is 811. The van der Waals surface area contributed by atoms with Gasteiger partial charge in [-0.15, -0.1) is 0 Å². The van der Waals surface area contributed by atoms with E-state index in [1.165, 1.54) is 52.6 Å². The highest BCUT2D eigenvalue weighted by Gasteiger charge is 2.11. The summed E-state index contributed by atoms with van der Waals surface area (Å²) in [5.74, 6) is 0. The Labute approximate surface area is 152 Å². The molecule has 0 heteroatoms. The van der Waals surface area contributed by atoms with Gasteiger partial charge in [-0.05, 0) is 53.1 Å². The summed E-state index contributed by atoms with van der Waals surface area (Å²) in [6.45, 7) is 6.76. The molecule has 0 bridgehead atoms. The van der Waals surface area contributed by atoms with Crippen molar-refractivity contribution in [3.8, 4) is 22.3 Å². The quantitative estimate of drug-likeness (QED) is 0.447. The van der Waals surface area contributed by atoms with Crippen LogP contribution < -0.4 is 0 Å². The van der Waals surface area contributed by atoms with Crippen molar-refractivity contribution in [1.82, 2.24) is 0 Å². The lowest BCUT2D eigenvalue weighted by Gasteiger charge is -2.16. The summed E-state index contributed by atoms with van der Waals surface area (Å²) in [6.07, 6.45) is 4.72. The van der Waals surface area contributed by atoms with Gasteiger partial charge in [-0.1, -0.05) is 99.0 Å². The molecule has 0 amide bonds. The van der Waals surface area contributed by atoms with Crippen LogP contribution in [-0.2, 0) is 12.8 Å². The van der Waals surface area contributed by atoms with Crippen LogP contribution in [0.1, 0.15) is 43.4 Å². The molecule has 0 spiro atoms. The van der Waals surface area contributed by atoms with Gasteiger partial charge in [0.2, 0.25) is 0 Å². The third-order valence-corrected chi connectivity index (χ3v) is 4.81. The molecule has 3 aromatic rings. The topological polar surface area (TPSA) is 0 Å². The Balaban J connectivity index is 2.03. The van der Waals surface area contributed by atoms with Gasteiger partial charge in [0.05, 0.1) is 0 Å². The minimum atomic E-state index is 1.16. The largest absolute Gasteiger partial charge is 0.0651 e. The summed E-state index contributed by atoms with van der Waals surface area (Å²) < 4.78 is 0. The molecule has 0 aliphatic carbocycles. The molecular weight excluding hydrogens is 300 g/mol. The van der Waals surface area contributed by atoms with E-state index in [2.05, 4.69) is 87.5 Å². The van der Waals surface area contributed by atoms with Crippen LogP contribution in [0.25, 0.3) is 22.3 Å². The summed E-state index contributed by atoms with van der Waals surface area (Å²) in [4.78, 5) is 0. The second kappa shape index (κ2) is 8.16.